The number of fused-ring (bicyclic) bond motifs is 5. The van der Waals surface area contributed by atoms with Gasteiger partial charge in [-0.15, -0.1) is 0 Å². The number of aromatic hydroxyl groups is 9. The van der Waals surface area contributed by atoms with E-state index in [4.69, 9.17) is 18.9 Å². The number of aliphatic hydroxyl groups is 2. The average Bonchev–Trinajstić information content (AvgIpc) is 2.99. The van der Waals surface area contributed by atoms with E-state index >= 15 is 0 Å². The fourth-order valence-corrected chi connectivity index (χ4v) is 4.71. The molecule has 18 heteroatoms. The Morgan fingerprint density at radius 3 is 1.69 bits per heavy atom. The second kappa shape index (κ2) is 11.0. The number of aliphatic hydroxyl groups excluding tert-OH is 2. The minimum atomic E-state index is -2.22. The first kappa shape index (κ1) is 30.6. The summed E-state index contributed by atoms with van der Waals surface area (Å²) in [5, 5.41) is 113. The van der Waals surface area contributed by atoms with Crippen molar-refractivity contribution in [2.45, 2.75) is 30.7 Å². The number of carbonyl (C=O) groups is 3. The number of ether oxygens (including phenoxy) is 4. The zero-order valence-electron chi connectivity index (χ0n) is 22.2. The normalized spacial score (nSPS) is 22.9. The molecule has 0 amide bonds. The highest BCUT2D eigenvalue weighted by Gasteiger charge is 2.50. The van der Waals surface area contributed by atoms with Crippen molar-refractivity contribution in [3.8, 4) is 62.9 Å². The van der Waals surface area contributed by atoms with Crippen molar-refractivity contribution >= 4 is 17.9 Å². The number of hydrogen-bond donors (Lipinski definition) is 11. The molecule has 0 spiro atoms. The van der Waals surface area contributed by atoms with E-state index in [1.54, 1.807) is 0 Å². The van der Waals surface area contributed by atoms with E-state index in [2.05, 4.69) is 0 Å². The molecule has 3 aromatic carbocycles. The molecule has 2 heterocycles. The minimum Gasteiger partial charge on any atom is -0.504 e. The molecule has 1 fully saturated rings. The van der Waals surface area contributed by atoms with E-state index in [0.29, 0.717) is 24.3 Å². The molecule has 18 nitrogen and oxygen atoms in total. The summed E-state index contributed by atoms with van der Waals surface area (Å²) in [7, 11) is 0. The van der Waals surface area contributed by atoms with Crippen LogP contribution in [0.2, 0.25) is 0 Å². The third-order valence-electron chi connectivity index (χ3n) is 6.99. The van der Waals surface area contributed by atoms with E-state index in [1.165, 1.54) is 0 Å². The fourth-order valence-electron chi connectivity index (χ4n) is 4.71. The molecule has 2 aliphatic rings. The lowest BCUT2D eigenvalue weighted by Crippen LogP contribution is -2.61. The molecule has 5 rings (SSSR count). The number of benzene rings is 3. The van der Waals surface area contributed by atoms with Gasteiger partial charge in [-0.1, -0.05) is 0 Å². The summed E-state index contributed by atoms with van der Waals surface area (Å²) in [5.41, 5.74) is -4.12. The van der Waals surface area contributed by atoms with Crippen molar-refractivity contribution < 1.29 is 89.5 Å². The van der Waals surface area contributed by atoms with Crippen LogP contribution >= 0.6 is 0 Å². The van der Waals surface area contributed by atoms with E-state index in [-0.39, 0.29) is 0 Å². The molecule has 238 valence electrons. The Morgan fingerprint density at radius 1 is 0.667 bits per heavy atom. The molecule has 3 aromatic rings. The van der Waals surface area contributed by atoms with Gasteiger partial charge in [-0.05, 0) is 24.3 Å². The van der Waals surface area contributed by atoms with Crippen LogP contribution in [0.1, 0.15) is 31.1 Å². The van der Waals surface area contributed by atoms with Crippen LogP contribution in [0.25, 0.3) is 11.1 Å². The van der Waals surface area contributed by atoms with Crippen LogP contribution < -0.4 is 0 Å². The zero-order chi connectivity index (χ0) is 33.1. The summed E-state index contributed by atoms with van der Waals surface area (Å²) in [6.07, 6.45) is -10.2. The molecule has 0 unspecified atom stereocenters. The first-order valence-corrected chi connectivity index (χ1v) is 12.5. The standard InChI is InChI=1S/C27H22O18/c28-9-1-6(2-10(29)16(9)32)24(39)45-27-22(38)23-19(35)13(43-27)5-42-25(40)7-3-11(30)17(33)20(36)14(7)15-8(26(41)44-23)4-12(31)18(34)21(15)37/h1-4,13,19,22-23,27-38H,5H2/t13-,19-,22+,23+,27-/m1/s1. The van der Waals surface area contributed by atoms with E-state index in [1.807, 2.05) is 0 Å². The lowest BCUT2D eigenvalue weighted by atomic mass is 9.91. The largest absolute Gasteiger partial charge is 0.504 e. The quantitative estimate of drug-likeness (QED) is 0.0979. The number of esters is 3. The van der Waals surface area contributed by atoms with Crippen LogP contribution in [0.15, 0.2) is 24.3 Å². The van der Waals surface area contributed by atoms with Gasteiger partial charge in [-0.2, -0.15) is 0 Å². The average molecular weight is 634 g/mol. The smallest absolute Gasteiger partial charge is 0.340 e. The molecule has 2 aliphatic heterocycles. The second-order valence-corrected chi connectivity index (χ2v) is 9.79. The first-order chi connectivity index (χ1) is 21.1. The van der Waals surface area contributed by atoms with Crippen LogP contribution in [-0.4, -0.2) is 111 Å². The molecule has 0 aromatic heterocycles. The fraction of sp³-hybridized carbons (Fsp3) is 0.222. The lowest BCUT2D eigenvalue weighted by Gasteiger charge is -2.41. The molecule has 45 heavy (non-hydrogen) atoms. The Labute approximate surface area is 248 Å². The van der Waals surface area contributed by atoms with Crippen molar-refractivity contribution in [3.05, 3.63) is 41.0 Å². The van der Waals surface area contributed by atoms with Gasteiger partial charge in [0.25, 0.3) is 0 Å². The molecule has 0 aliphatic carbocycles. The number of cyclic esters (lactones) is 1. The van der Waals surface area contributed by atoms with Crippen molar-refractivity contribution in [2.24, 2.45) is 0 Å². The maximum atomic E-state index is 13.5. The molecular formula is C27H22O18. The van der Waals surface area contributed by atoms with Gasteiger partial charge in [0.2, 0.25) is 17.8 Å². The predicted octanol–water partition coefficient (Wildman–Crippen LogP) is -0.297. The highest BCUT2D eigenvalue weighted by atomic mass is 16.7. The summed E-state index contributed by atoms with van der Waals surface area (Å²) in [6.45, 7) is -0.947. The van der Waals surface area contributed by atoms with Crippen molar-refractivity contribution in [3.63, 3.8) is 0 Å². The molecule has 2 bridgehead atoms. The van der Waals surface area contributed by atoms with Crippen LogP contribution in [0.4, 0.5) is 0 Å². The predicted molar refractivity (Wildman–Crippen MR) is 139 cm³/mol. The SMILES string of the molecule is O=C(O[C@H]1O[C@@H]2COC(=O)c3cc(O)c(O)c(O)c3-c3c(cc(O)c(O)c3O)C(=O)O[C@H]([C@@H]1O)[C@@H]2O)c1cc(O)c(O)c(O)c1. The highest BCUT2D eigenvalue weighted by Crippen LogP contribution is 2.53. The van der Waals surface area contributed by atoms with Gasteiger partial charge in [0.05, 0.1) is 16.7 Å². The molecule has 11 N–H and O–H groups in total. The van der Waals surface area contributed by atoms with Gasteiger partial charge in [0.1, 0.15) is 18.8 Å². The van der Waals surface area contributed by atoms with Gasteiger partial charge in [0, 0.05) is 11.1 Å². The zero-order valence-corrected chi connectivity index (χ0v) is 22.2. The van der Waals surface area contributed by atoms with Crippen LogP contribution in [-0.2, 0) is 18.9 Å². The topological polar surface area (TPSA) is 311 Å². The van der Waals surface area contributed by atoms with Crippen LogP contribution in [0, 0.1) is 0 Å². The summed E-state index contributed by atoms with van der Waals surface area (Å²) in [4.78, 5) is 39.4. The van der Waals surface area contributed by atoms with Gasteiger partial charge in [-0.3, -0.25) is 0 Å². The Morgan fingerprint density at radius 2 is 1.16 bits per heavy atom. The molecular weight excluding hydrogens is 612 g/mol. The Balaban J connectivity index is 1.61. The molecule has 0 saturated carbocycles. The number of rotatable bonds is 2. The molecule has 1 saturated heterocycles. The Hall–Kier alpha value is -5.85. The second-order valence-electron chi connectivity index (χ2n) is 9.79. The van der Waals surface area contributed by atoms with Gasteiger partial charge < -0.3 is 75.1 Å². The van der Waals surface area contributed by atoms with Gasteiger partial charge in [-0.25, -0.2) is 14.4 Å². The number of hydrogen-bond acceptors (Lipinski definition) is 18. The third kappa shape index (κ3) is 5.07. The van der Waals surface area contributed by atoms with Gasteiger partial charge in [0.15, 0.2) is 52.5 Å². The molecule has 5 atom stereocenters. The monoisotopic (exact) mass is 634 g/mol. The van der Waals surface area contributed by atoms with E-state index in [0.717, 1.165) is 0 Å². The lowest BCUT2D eigenvalue weighted by molar-refractivity contribution is -0.284. The van der Waals surface area contributed by atoms with E-state index < -0.39 is 135 Å². The highest BCUT2D eigenvalue weighted by molar-refractivity contribution is 6.08. The van der Waals surface area contributed by atoms with Crippen LogP contribution in [0.5, 0.6) is 51.7 Å². The first-order valence-electron chi connectivity index (χ1n) is 12.5. The summed E-state index contributed by atoms with van der Waals surface area (Å²) >= 11 is 0. The summed E-state index contributed by atoms with van der Waals surface area (Å²) in [6, 6.07) is 2.45. The number of carbonyl (C=O) groups excluding carboxylic acids is 3. The summed E-state index contributed by atoms with van der Waals surface area (Å²) in [5.74, 6) is -14.5. The molecule has 0 radical (unpaired) electrons. The van der Waals surface area contributed by atoms with Gasteiger partial charge >= 0.3 is 17.9 Å². The summed E-state index contributed by atoms with van der Waals surface area (Å²) < 4.78 is 20.8. The van der Waals surface area contributed by atoms with Crippen LogP contribution in [0.3, 0.4) is 0 Å². The number of phenolic OH excluding ortho intramolecular Hbond substituents is 9. The van der Waals surface area contributed by atoms with Crippen molar-refractivity contribution in [1.82, 2.24) is 0 Å². The van der Waals surface area contributed by atoms with E-state index in [9.17, 15) is 70.6 Å². The Bertz CT molecular complexity index is 1730. The van der Waals surface area contributed by atoms with Crippen molar-refractivity contribution in [2.75, 3.05) is 6.61 Å². The number of phenols is 9. The van der Waals surface area contributed by atoms with Crippen molar-refractivity contribution in [1.29, 1.82) is 0 Å². The maximum absolute atomic E-state index is 13.5. The maximum Gasteiger partial charge on any atom is 0.340 e. The third-order valence-corrected chi connectivity index (χ3v) is 6.99. The Kier molecular flexibility index (Phi) is 7.49. The minimum absolute atomic E-state index is 0.508.